The third-order valence-electron chi connectivity index (χ3n) is 4.64. The van der Waals surface area contributed by atoms with Crippen LogP contribution in [0.15, 0.2) is 71.8 Å². The lowest BCUT2D eigenvalue weighted by Crippen LogP contribution is -2.30. The number of pyridine rings is 1. The van der Waals surface area contributed by atoms with Crippen molar-refractivity contribution in [2.75, 3.05) is 10.7 Å². The number of carbonyl (C=O) groups excluding carboxylic acids is 1. The van der Waals surface area contributed by atoms with Gasteiger partial charge in [-0.1, -0.05) is 47.2 Å². The van der Waals surface area contributed by atoms with Gasteiger partial charge in [0.05, 0.1) is 22.5 Å². The number of fused-ring (bicyclic) bond motifs is 1. The molecular formula is C23H20ClN3OS2. The molecule has 2 aromatic heterocycles. The molecule has 0 saturated heterocycles. The highest BCUT2D eigenvalue weighted by Gasteiger charge is 2.21. The molecular weight excluding hydrogens is 434 g/mol. The summed E-state index contributed by atoms with van der Waals surface area (Å²) in [6.07, 6.45) is 2.16. The predicted octanol–water partition coefficient (Wildman–Crippen LogP) is 6.37. The first-order valence-corrected chi connectivity index (χ1v) is 11.7. The van der Waals surface area contributed by atoms with Gasteiger partial charge < -0.3 is 0 Å². The number of aromatic nitrogens is 2. The Bertz CT molecular complexity index is 1150. The molecule has 30 heavy (non-hydrogen) atoms. The normalized spacial score (nSPS) is 11.0. The molecule has 0 bridgehead atoms. The number of thioether (sulfide) groups is 1. The van der Waals surface area contributed by atoms with E-state index in [1.807, 2.05) is 55.5 Å². The van der Waals surface area contributed by atoms with Gasteiger partial charge >= 0.3 is 0 Å². The Morgan fingerprint density at radius 2 is 1.90 bits per heavy atom. The van der Waals surface area contributed by atoms with Crippen LogP contribution in [-0.2, 0) is 11.3 Å². The van der Waals surface area contributed by atoms with Gasteiger partial charge in [0, 0.05) is 28.3 Å². The number of rotatable bonds is 7. The van der Waals surface area contributed by atoms with Crippen LogP contribution in [0.3, 0.4) is 0 Å². The Labute approximate surface area is 188 Å². The molecule has 2 aromatic carbocycles. The lowest BCUT2D eigenvalue weighted by atomic mass is 10.2. The number of aryl methyl sites for hydroxylation is 1. The molecule has 0 N–H and O–H groups in total. The summed E-state index contributed by atoms with van der Waals surface area (Å²) in [6.45, 7) is 2.35. The van der Waals surface area contributed by atoms with Crippen molar-refractivity contribution in [3.63, 3.8) is 0 Å². The third-order valence-corrected chi connectivity index (χ3v) is 7.11. The first-order valence-electron chi connectivity index (χ1n) is 9.55. The molecule has 0 saturated carbocycles. The van der Waals surface area contributed by atoms with Gasteiger partial charge in [-0.05, 0) is 48.9 Å². The van der Waals surface area contributed by atoms with Crippen molar-refractivity contribution in [3.05, 3.63) is 83.1 Å². The molecule has 4 rings (SSSR count). The van der Waals surface area contributed by atoms with Crippen LogP contribution in [0.25, 0.3) is 10.2 Å². The van der Waals surface area contributed by atoms with E-state index in [-0.39, 0.29) is 5.91 Å². The molecule has 0 radical (unpaired) electrons. The van der Waals surface area contributed by atoms with E-state index in [2.05, 4.69) is 17.1 Å². The van der Waals surface area contributed by atoms with Crippen LogP contribution in [0.4, 0.5) is 5.13 Å². The minimum Gasteiger partial charge on any atom is -0.282 e. The summed E-state index contributed by atoms with van der Waals surface area (Å²) in [5.41, 5.74) is 2.61. The highest BCUT2D eigenvalue weighted by Crippen LogP contribution is 2.34. The molecule has 0 unspecified atom stereocenters. The fourth-order valence-corrected chi connectivity index (χ4v) is 5.08. The molecule has 0 aliphatic carbocycles. The average molecular weight is 454 g/mol. The Hall–Kier alpha value is -2.41. The van der Waals surface area contributed by atoms with E-state index in [1.54, 1.807) is 22.9 Å². The van der Waals surface area contributed by atoms with Crippen molar-refractivity contribution in [2.24, 2.45) is 0 Å². The minimum absolute atomic E-state index is 0.0342. The number of hydrogen-bond donors (Lipinski definition) is 0. The van der Waals surface area contributed by atoms with E-state index in [9.17, 15) is 4.79 Å². The van der Waals surface area contributed by atoms with E-state index in [4.69, 9.17) is 16.6 Å². The van der Waals surface area contributed by atoms with Crippen LogP contribution in [0.2, 0.25) is 5.02 Å². The number of hydrogen-bond acceptors (Lipinski definition) is 5. The Balaban J connectivity index is 1.57. The summed E-state index contributed by atoms with van der Waals surface area (Å²) < 4.78 is 1.02. The van der Waals surface area contributed by atoms with Gasteiger partial charge in [-0.3, -0.25) is 14.7 Å². The van der Waals surface area contributed by atoms with Crippen molar-refractivity contribution in [1.82, 2.24) is 9.97 Å². The van der Waals surface area contributed by atoms with Gasteiger partial charge in [0.2, 0.25) is 5.91 Å². The number of benzene rings is 2. The first-order chi connectivity index (χ1) is 14.6. The zero-order valence-electron chi connectivity index (χ0n) is 16.4. The van der Waals surface area contributed by atoms with Gasteiger partial charge in [0.1, 0.15) is 0 Å². The largest absolute Gasteiger partial charge is 0.282 e. The van der Waals surface area contributed by atoms with E-state index in [0.29, 0.717) is 28.9 Å². The quantitative estimate of drug-likeness (QED) is 0.305. The van der Waals surface area contributed by atoms with E-state index >= 15 is 0 Å². The second kappa shape index (κ2) is 9.60. The molecule has 0 spiro atoms. The number of amides is 1. The maximum atomic E-state index is 13.2. The smallest absolute Gasteiger partial charge is 0.229 e. The van der Waals surface area contributed by atoms with Crippen LogP contribution in [0, 0.1) is 6.92 Å². The molecule has 0 atom stereocenters. The molecule has 0 aliphatic heterocycles. The van der Waals surface area contributed by atoms with Gasteiger partial charge in [-0.25, -0.2) is 4.98 Å². The molecule has 4 aromatic rings. The standard InChI is InChI=1S/C23H20ClN3OS2/c1-16-19(24)10-11-20-22(16)26-23(30-20)27(15-17-7-5-6-13-25-17)21(28)12-14-29-18-8-3-2-4-9-18/h2-11,13H,12,14-15H2,1H3. The monoisotopic (exact) mass is 453 g/mol. The third kappa shape index (κ3) is 4.83. The summed E-state index contributed by atoms with van der Waals surface area (Å²) in [4.78, 5) is 25.3. The minimum atomic E-state index is 0.0342. The van der Waals surface area contributed by atoms with Gasteiger partial charge in [-0.15, -0.1) is 11.8 Å². The second-order valence-corrected chi connectivity index (χ2v) is 9.31. The zero-order valence-corrected chi connectivity index (χ0v) is 18.8. The number of halogens is 1. The van der Waals surface area contributed by atoms with Crippen LogP contribution < -0.4 is 4.90 Å². The van der Waals surface area contributed by atoms with Gasteiger partial charge in [0.15, 0.2) is 5.13 Å². The van der Waals surface area contributed by atoms with E-state index in [1.165, 1.54) is 11.3 Å². The summed E-state index contributed by atoms with van der Waals surface area (Å²) in [6, 6.07) is 19.7. The van der Waals surface area contributed by atoms with Crippen LogP contribution >= 0.6 is 34.7 Å². The first kappa shape index (κ1) is 20.8. The van der Waals surface area contributed by atoms with Crippen molar-refractivity contribution in [2.45, 2.75) is 24.8 Å². The Morgan fingerprint density at radius 1 is 1.10 bits per heavy atom. The molecule has 1 amide bonds. The summed E-state index contributed by atoms with van der Waals surface area (Å²) in [7, 11) is 0. The number of nitrogens with zero attached hydrogens (tertiary/aromatic N) is 3. The van der Waals surface area contributed by atoms with Crippen LogP contribution in [0.5, 0.6) is 0 Å². The fourth-order valence-electron chi connectivity index (χ4n) is 3.03. The maximum absolute atomic E-state index is 13.2. The lowest BCUT2D eigenvalue weighted by molar-refractivity contribution is -0.118. The molecule has 0 aliphatic rings. The molecule has 2 heterocycles. The van der Waals surface area contributed by atoms with Crippen molar-refractivity contribution in [3.8, 4) is 0 Å². The van der Waals surface area contributed by atoms with Crippen molar-refractivity contribution >= 4 is 56.0 Å². The van der Waals surface area contributed by atoms with Crippen LogP contribution in [-0.4, -0.2) is 21.6 Å². The van der Waals surface area contributed by atoms with Crippen molar-refractivity contribution in [1.29, 1.82) is 0 Å². The summed E-state index contributed by atoms with van der Waals surface area (Å²) in [5, 5.41) is 1.36. The van der Waals surface area contributed by atoms with E-state index in [0.717, 1.165) is 26.4 Å². The topological polar surface area (TPSA) is 46.1 Å². The maximum Gasteiger partial charge on any atom is 0.229 e. The fraction of sp³-hybridized carbons (Fsp3) is 0.174. The summed E-state index contributed by atoms with van der Waals surface area (Å²) in [5.74, 6) is 0.740. The Morgan fingerprint density at radius 3 is 2.67 bits per heavy atom. The number of thiazole rings is 1. The molecule has 0 fully saturated rings. The van der Waals surface area contributed by atoms with E-state index < -0.39 is 0 Å². The predicted molar refractivity (Wildman–Crippen MR) is 127 cm³/mol. The lowest BCUT2D eigenvalue weighted by Gasteiger charge is -2.19. The average Bonchev–Trinajstić information content (AvgIpc) is 3.21. The Kier molecular flexibility index (Phi) is 6.67. The zero-order chi connectivity index (χ0) is 20.9. The highest BCUT2D eigenvalue weighted by molar-refractivity contribution is 7.99. The molecule has 152 valence electrons. The SMILES string of the molecule is Cc1c(Cl)ccc2sc(N(Cc3ccccn3)C(=O)CCSc3ccccc3)nc12. The molecule has 4 nitrogen and oxygen atoms in total. The highest BCUT2D eigenvalue weighted by atomic mass is 35.5. The number of carbonyl (C=O) groups is 1. The molecule has 7 heteroatoms. The summed E-state index contributed by atoms with van der Waals surface area (Å²) >= 11 is 9.45. The van der Waals surface area contributed by atoms with Gasteiger partial charge in [-0.2, -0.15) is 0 Å². The number of anilines is 1. The second-order valence-electron chi connectivity index (χ2n) is 6.73. The van der Waals surface area contributed by atoms with Crippen LogP contribution in [0.1, 0.15) is 17.7 Å². The van der Waals surface area contributed by atoms with Gasteiger partial charge in [0.25, 0.3) is 0 Å². The van der Waals surface area contributed by atoms with Crippen molar-refractivity contribution < 1.29 is 4.79 Å².